The zero-order valence-corrected chi connectivity index (χ0v) is 12.6. The van der Waals surface area contributed by atoms with Crippen LogP contribution in [0, 0.1) is 6.92 Å². The summed E-state index contributed by atoms with van der Waals surface area (Å²) < 4.78 is 0. The number of hydrogen-bond acceptors (Lipinski definition) is 2. The Bertz CT molecular complexity index is 398. The Hall–Kier alpha value is -0.860. The van der Waals surface area contributed by atoms with Gasteiger partial charge in [-0.15, -0.1) is 0 Å². The smallest absolute Gasteiger partial charge is 0.0744 e. The third-order valence-corrected chi connectivity index (χ3v) is 4.38. The van der Waals surface area contributed by atoms with Gasteiger partial charge in [0.05, 0.1) is 5.60 Å². The number of aliphatic hydroxyl groups is 1. The first-order chi connectivity index (χ1) is 8.90. The minimum absolute atomic E-state index is 0.191. The Balaban J connectivity index is 1.84. The summed E-state index contributed by atoms with van der Waals surface area (Å²) >= 11 is 0. The number of aryl methyl sites for hydroxylation is 1. The lowest BCUT2D eigenvalue weighted by Gasteiger charge is -2.41. The van der Waals surface area contributed by atoms with E-state index in [4.69, 9.17) is 0 Å². The lowest BCUT2D eigenvalue weighted by Crippen LogP contribution is -2.53. The van der Waals surface area contributed by atoms with Crippen LogP contribution in [0.2, 0.25) is 0 Å². The zero-order chi connectivity index (χ0) is 14.0. The first-order valence-corrected chi connectivity index (χ1v) is 7.45. The summed E-state index contributed by atoms with van der Waals surface area (Å²) in [7, 11) is 0. The van der Waals surface area contributed by atoms with Crippen LogP contribution in [0.4, 0.5) is 0 Å². The van der Waals surface area contributed by atoms with Gasteiger partial charge < -0.3 is 10.4 Å². The first-order valence-electron chi connectivity index (χ1n) is 7.45. The summed E-state index contributed by atoms with van der Waals surface area (Å²) in [6.07, 6.45) is 3.35. The van der Waals surface area contributed by atoms with E-state index in [-0.39, 0.29) is 6.04 Å². The SMILES string of the molecule is CCC(NC1CC(c2ccc(C)cc2)C1)C(C)(C)O. The van der Waals surface area contributed by atoms with Crippen molar-refractivity contribution in [2.45, 2.75) is 70.6 Å². The molecule has 1 unspecified atom stereocenters. The molecule has 0 heterocycles. The predicted molar refractivity (Wildman–Crippen MR) is 80.5 cm³/mol. The van der Waals surface area contributed by atoms with Crippen molar-refractivity contribution in [1.29, 1.82) is 0 Å². The predicted octanol–water partition coefficient (Wildman–Crippen LogP) is 3.38. The standard InChI is InChI=1S/C17H27NO/c1-5-16(17(3,4)19)18-15-10-14(11-15)13-8-6-12(2)7-9-13/h6-9,14-16,18-19H,5,10-11H2,1-4H3. The van der Waals surface area contributed by atoms with Gasteiger partial charge in [-0.05, 0) is 51.5 Å². The van der Waals surface area contributed by atoms with Crippen molar-refractivity contribution in [2.75, 3.05) is 0 Å². The highest BCUT2D eigenvalue weighted by atomic mass is 16.3. The number of hydrogen-bond donors (Lipinski definition) is 2. The van der Waals surface area contributed by atoms with E-state index in [1.807, 2.05) is 13.8 Å². The van der Waals surface area contributed by atoms with Crippen molar-refractivity contribution in [3.05, 3.63) is 35.4 Å². The molecular weight excluding hydrogens is 234 g/mol. The highest BCUT2D eigenvalue weighted by Gasteiger charge is 2.34. The van der Waals surface area contributed by atoms with Gasteiger partial charge in [0.25, 0.3) is 0 Å². The molecule has 1 aliphatic carbocycles. The van der Waals surface area contributed by atoms with Crippen molar-refractivity contribution in [3.8, 4) is 0 Å². The topological polar surface area (TPSA) is 32.3 Å². The van der Waals surface area contributed by atoms with Gasteiger partial charge in [-0.2, -0.15) is 0 Å². The summed E-state index contributed by atoms with van der Waals surface area (Å²) in [6, 6.07) is 9.65. The Morgan fingerprint density at radius 2 is 1.84 bits per heavy atom. The molecule has 2 heteroatoms. The number of nitrogens with one attached hydrogen (secondary N) is 1. The van der Waals surface area contributed by atoms with Crippen LogP contribution < -0.4 is 5.32 Å². The fraction of sp³-hybridized carbons (Fsp3) is 0.647. The van der Waals surface area contributed by atoms with E-state index in [0.29, 0.717) is 12.0 Å². The van der Waals surface area contributed by atoms with E-state index in [1.54, 1.807) is 0 Å². The molecule has 2 rings (SSSR count). The molecule has 1 aromatic rings. The molecule has 0 bridgehead atoms. The van der Waals surface area contributed by atoms with Crippen LogP contribution in [0.5, 0.6) is 0 Å². The summed E-state index contributed by atoms with van der Waals surface area (Å²) in [5.74, 6) is 0.692. The molecule has 1 aromatic carbocycles. The molecule has 0 saturated heterocycles. The summed E-state index contributed by atoms with van der Waals surface area (Å²) in [5.41, 5.74) is 2.15. The molecular formula is C17H27NO. The van der Waals surface area contributed by atoms with Crippen molar-refractivity contribution < 1.29 is 5.11 Å². The van der Waals surface area contributed by atoms with Crippen LogP contribution in [0.3, 0.4) is 0 Å². The van der Waals surface area contributed by atoms with Gasteiger partial charge in [-0.1, -0.05) is 36.8 Å². The Kier molecular flexibility index (Phi) is 4.32. The van der Waals surface area contributed by atoms with Crippen molar-refractivity contribution >= 4 is 0 Å². The summed E-state index contributed by atoms with van der Waals surface area (Å²) in [5, 5.41) is 13.7. The minimum Gasteiger partial charge on any atom is -0.389 e. The fourth-order valence-electron chi connectivity index (χ4n) is 2.97. The van der Waals surface area contributed by atoms with E-state index < -0.39 is 5.60 Å². The molecule has 1 aliphatic rings. The molecule has 0 amide bonds. The van der Waals surface area contributed by atoms with Crippen LogP contribution in [-0.4, -0.2) is 22.8 Å². The second-order valence-corrected chi connectivity index (χ2v) is 6.56. The molecule has 0 aliphatic heterocycles. The molecule has 0 aromatic heterocycles. The van der Waals surface area contributed by atoms with Crippen molar-refractivity contribution in [1.82, 2.24) is 5.32 Å². The Labute approximate surface area is 117 Å². The monoisotopic (exact) mass is 261 g/mol. The van der Waals surface area contributed by atoms with Gasteiger partial charge in [0.1, 0.15) is 0 Å². The van der Waals surface area contributed by atoms with Crippen LogP contribution in [-0.2, 0) is 0 Å². The van der Waals surface area contributed by atoms with Gasteiger partial charge in [0, 0.05) is 12.1 Å². The second-order valence-electron chi connectivity index (χ2n) is 6.56. The summed E-state index contributed by atoms with van der Waals surface area (Å²) in [4.78, 5) is 0. The third kappa shape index (κ3) is 3.58. The second kappa shape index (κ2) is 5.64. The first kappa shape index (κ1) is 14.5. The Morgan fingerprint density at radius 1 is 1.26 bits per heavy atom. The highest BCUT2D eigenvalue weighted by molar-refractivity contribution is 5.26. The normalized spacial score (nSPS) is 24.9. The fourth-order valence-corrected chi connectivity index (χ4v) is 2.97. The van der Waals surface area contributed by atoms with Crippen LogP contribution >= 0.6 is 0 Å². The average molecular weight is 261 g/mol. The van der Waals surface area contributed by atoms with E-state index >= 15 is 0 Å². The molecule has 0 spiro atoms. The largest absolute Gasteiger partial charge is 0.389 e. The van der Waals surface area contributed by atoms with E-state index in [0.717, 1.165) is 6.42 Å². The number of rotatable bonds is 5. The molecule has 2 nitrogen and oxygen atoms in total. The van der Waals surface area contributed by atoms with Crippen LogP contribution in [0.1, 0.15) is 57.1 Å². The van der Waals surface area contributed by atoms with Crippen LogP contribution in [0.25, 0.3) is 0 Å². The maximum Gasteiger partial charge on any atom is 0.0744 e. The lowest BCUT2D eigenvalue weighted by atomic mass is 9.75. The van der Waals surface area contributed by atoms with Gasteiger partial charge >= 0.3 is 0 Å². The molecule has 1 fully saturated rings. The number of benzene rings is 1. The molecule has 0 radical (unpaired) electrons. The van der Waals surface area contributed by atoms with E-state index in [9.17, 15) is 5.11 Å². The van der Waals surface area contributed by atoms with E-state index in [1.165, 1.54) is 24.0 Å². The quantitative estimate of drug-likeness (QED) is 0.851. The highest BCUT2D eigenvalue weighted by Crippen LogP contribution is 2.37. The Morgan fingerprint density at radius 3 is 2.32 bits per heavy atom. The van der Waals surface area contributed by atoms with Crippen molar-refractivity contribution in [2.24, 2.45) is 0 Å². The molecule has 19 heavy (non-hydrogen) atoms. The third-order valence-electron chi connectivity index (χ3n) is 4.38. The minimum atomic E-state index is -0.635. The van der Waals surface area contributed by atoms with E-state index in [2.05, 4.69) is 43.4 Å². The average Bonchev–Trinajstić information content (AvgIpc) is 2.28. The van der Waals surface area contributed by atoms with Crippen molar-refractivity contribution in [3.63, 3.8) is 0 Å². The van der Waals surface area contributed by atoms with Crippen LogP contribution in [0.15, 0.2) is 24.3 Å². The molecule has 2 N–H and O–H groups in total. The van der Waals surface area contributed by atoms with Gasteiger partial charge in [0.2, 0.25) is 0 Å². The lowest BCUT2D eigenvalue weighted by molar-refractivity contribution is 0.0252. The van der Waals surface area contributed by atoms with Gasteiger partial charge in [0.15, 0.2) is 0 Å². The zero-order valence-electron chi connectivity index (χ0n) is 12.6. The maximum atomic E-state index is 10.1. The molecule has 106 valence electrons. The van der Waals surface area contributed by atoms with Gasteiger partial charge in [-0.3, -0.25) is 0 Å². The summed E-state index contributed by atoms with van der Waals surface area (Å²) in [6.45, 7) is 8.05. The maximum absolute atomic E-state index is 10.1. The van der Waals surface area contributed by atoms with Gasteiger partial charge in [-0.25, -0.2) is 0 Å². The molecule has 1 atom stereocenters. The molecule has 1 saturated carbocycles.